The molecule has 2 aromatic rings. The molecule has 88 valence electrons. The number of rotatable bonds is 1. The maximum atomic E-state index is 5.99. The van der Waals surface area contributed by atoms with Crippen LogP contribution < -0.4 is 5.73 Å². The second-order valence-electron chi connectivity index (χ2n) is 4.62. The maximum Gasteiger partial charge on any atom is 0.139 e. The van der Waals surface area contributed by atoms with E-state index in [-0.39, 0.29) is 0 Å². The van der Waals surface area contributed by atoms with Gasteiger partial charge in [-0.05, 0) is 31.0 Å². The Hall–Kier alpha value is -1.48. The Labute approximate surface area is 105 Å². The molecular weight excluding hydrogens is 234 g/mol. The zero-order valence-corrected chi connectivity index (χ0v) is 10.4. The summed E-state index contributed by atoms with van der Waals surface area (Å²) in [5.74, 6) is 1.37. The van der Waals surface area contributed by atoms with E-state index < -0.39 is 0 Å². The number of nitrogens with one attached hydrogen (secondary N) is 1. The molecule has 1 aromatic carbocycles. The summed E-state index contributed by atoms with van der Waals surface area (Å²) in [7, 11) is 0. The van der Waals surface area contributed by atoms with E-state index in [0.717, 1.165) is 17.8 Å². The van der Waals surface area contributed by atoms with Crippen LogP contribution in [0.1, 0.15) is 30.7 Å². The first-order valence-electron chi connectivity index (χ1n) is 5.79. The lowest BCUT2D eigenvalue weighted by Crippen LogP contribution is -1.93. The van der Waals surface area contributed by atoms with Crippen LogP contribution in [-0.4, -0.2) is 9.97 Å². The minimum atomic E-state index is 0.537. The molecular formula is C13H14ClN3. The van der Waals surface area contributed by atoms with Gasteiger partial charge in [-0.25, -0.2) is 4.98 Å². The molecule has 0 aliphatic heterocycles. The molecule has 0 bridgehead atoms. The van der Waals surface area contributed by atoms with Gasteiger partial charge in [0.05, 0.1) is 5.69 Å². The van der Waals surface area contributed by atoms with E-state index in [1.807, 2.05) is 12.1 Å². The second kappa shape index (κ2) is 3.77. The highest BCUT2D eigenvalue weighted by molar-refractivity contribution is 6.31. The summed E-state index contributed by atoms with van der Waals surface area (Å²) < 4.78 is 0. The van der Waals surface area contributed by atoms with Gasteiger partial charge in [-0.15, -0.1) is 0 Å². The van der Waals surface area contributed by atoms with Crippen molar-refractivity contribution in [1.82, 2.24) is 9.97 Å². The van der Waals surface area contributed by atoms with Gasteiger partial charge in [0.15, 0.2) is 0 Å². The zero-order chi connectivity index (χ0) is 12.0. The largest absolute Gasteiger partial charge is 0.398 e. The average Bonchev–Trinajstić information content (AvgIpc) is 2.85. The van der Waals surface area contributed by atoms with E-state index in [1.54, 1.807) is 6.07 Å². The molecule has 1 unspecified atom stereocenters. The van der Waals surface area contributed by atoms with Gasteiger partial charge < -0.3 is 10.7 Å². The molecule has 0 spiro atoms. The van der Waals surface area contributed by atoms with Crippen LogP contribution in [0.5, 0.6) is 0 Å². The van der Waals surface area contributed by atoms with Gasteiger partial charge in [0.2, 0.25) is 0 Å². The van der Waals surface area contributed by atoms with Crippen LogP contribution in [-0.2, 0) is 6.42 Å². The Morgan fingerprint density at radius 3 is 3.06 bits per heavy atom. The Morgan fingerprint density at radius 1 is 1.47 bits per heavy atom. The second-order valence-corrected chi connectivity index (χ2v) is 5.06. The number of H-pyrrole nitrogens is 1. The normalized spacial score (nSPS) is 18.4. The first kappa shape index (κ1) is 10.7. The summed E-state index contributed by atoms with van der Waals surface area (Å²) in [6.07, 6.45) is 2.25. The molecule has 17 heavy (non-hydrogen) atoms. The minimum absolute atomic E-state index is 0.537. The van der Waals surface area contributed by atoms with Crippen LogP contribution in [0.4, 0.5) is 5.69 Å². The molecule has 1 atom stereocenters. The van der Waals surface area contributed by atoms with Crippen LogP contribution >= 0.6 is 11.6 Å². The molecule has 1 aliphatic rings. The summed E-state index contributed by atoms with van der Waals surface area (Å²) in [6, 6.07) is 5.46. The molecule has 0 saturated heterocycles. The Kier molecular flexibility index (Phi) is 2.37. The van der Waals surface area contributed by atoms with E-state index in [2.05, 4.69) is 16.9 Å². The number of anilines is 1. The molecule has 0 amide bonds. The smallest absolute Gasteiger partial charge is 0.139 e. The van der Waals surface area contributed by atoms with Gasteiger partial charge in [0.25, 0.3) is 0 Å². The van der Waals surface area contributed by atoms with Crippen molar-refractivity contribution in [3.8, 4) is 11.4 Å². The fourth-order valence-electron chi connectivity index (χ4n) is 2.38. The van der Waals surface area contributed by atoms with Crippen molar-refractivity contribution in [1.29, 1.82) is 0 Å². The van der Waals surface area contributed by atoms with Gasteiger partial charge >= 0.3 is 0 Å². The molecule has 1 heterocycles. The van der Waals surface area contributed by atoms with E-state index in [9.17, 15) is 0 Å². The number of nitrogen functional groups attached to an aromatic ring is 1. The lowest BCUT2D eigenvalue weighted by Gasteiger charge is -2.04. The highest BCUT2D eigenvalue weighted by Gasteiger charge is 2.23. The molecule has 3 rings (SSSR count). The van der Waals surface area contributed by atoms with Crippen LogP contribution in [0.2, 0.25) is 5.02 Å². The Morgan fingerprint density at radius 2 is 2.29 bits per heavy atom. The van der Waals surface area contributed by atoms with Crippen molar-refractivity contribution < 1.29 is 0 Å². The maximum absolute atomic E-state index is 5.99. The molecule has 0 fully saturated rings. The Balaban J connectivity index is 2.10. The molecule has 3 nitrogen and oxygen atoms in total. The number of aromatic amines is 1. The summed E-state index contributed by atoms with van der Waals surface area (Å²) in [5.41, 5.74) is 9.97. The molecule has 3 N–H and O–H groups in total. The number of aromatic nitrogens is 2. The number of imidazole rings is 1. The lowest BCUT2D eigenvalue weighted by atomic mass is 10.1. The summed E-state index contributed by atoms with van der Waals surface area (Å²) in [5, 5.41) is 0.679. The number of fused-ring (bicyclic) bond motifs is 1. The monoisotopic (exact) mass is 247 g/mol. The fraction of sp³-hybridized carbons (Fsp3) is 0.308. The third-order valence-corrected chi connectivity index (χ3v) is 3.61. The predicted octanol–water partition coefficient (Wildman–Crippen LogP) is 3.36. The standard InChI is InChI=1S/C13H14ClN3/c1-7-2-5-11-12(7)17-13(16-11)9-6-8(14)3-4-10(9)15/h3-4,6-7H,2,5,15H2,1H3,(H,16,17). The van der Waals surface area contributed by atoms with E-state index >= 15 is 0 Å². The van der Waals surface area contributed by atoms with Crippen molar-refractivity contribution in [3.05, 3.63) is 34.6 Å². The number of hydrogen-bond donors (Lipinski definition) is 2. The quantitative estimate of drug-likeness (QED) is 0.760. The topological polar surface area (TPSA) is 54.7 Å². The number of hydrogen-bond acceptors (Lipinski definition) is 2. The van der Waals surface area contributed by atoms with Gasteiger partial charge in [0.1, 0.15) is 5.82 Å². The van der Waals surface area contributed by atoms with E-state index in [4.69, 9.17) is 17.3 Å². The minimum Gasteiger partial charge on any atom is -0.398 e. The molecule has 0 radical (unpaired) electrons. The van der Waals surface area contributed by atoms with Crippen LogP contribution in [0, 0.1) is 0 Å². The zero-order valence-electron chi connectivity index (χ0n) is 9.63. The highest BCUT2D eigenvalue weighted by Crippen LogP contribution is 2.34. The SMILES string of the molecule is CC1CCc2[nH]c(-c3cc(Cl)ccc3N)nc21. The van der Waals surface area contributed by atoms with Crippen LogP contribution in [0.15, 0.2) is 18.2 Å². The number of aryl methyl sites for hydroxylation is 1. The third-order valence-electron chi connectivity index (χ3n) is 3.38. The van der Waals surface area contributed by atoms with Crippen molar-refractivity contribution in [2.45, 2.75) is 25.7 Å². The van der Waals surface area contributed by atoms with Gasteiger partial charge in [0, 0.05) is 27.9 Å². The van der Waals surface area contributed by atoms with E-state index in [0.29, 0.717) is 16.6 Å². The van der Waals surface area contributed by atoms with Crippen molar-refractivity contribution in [3.63, 3.8) is 0 Å². The first-order chi connectivity index (χ1) is 8.15. The lowest BCUT2D eigenvalue weighted by molar-refractivity contribution is 0.726. The third kappa shape index (κ3) is 1.71. The number of nitrogens with zero attached hydrogens (tertiary/aromatic N) is 1. The van der Waals surface area contributed by atoms with Gasteiger partial charge in [-0.3, -0.25) is 0 Å². The Bertz CT molecular complexity index is 574. The van der Waals surface area contributed by atoms with Crippen molar-refractivity contribution >= 4 is 17.3 Å². The molecule has 1 aliphatic carbocycles. The summed E-state index contributed by atoms with van der Waals surface area (Å²) in [6.45, 7) is 2.21. The van der Waals surface area contributed by atoms with Crippen LogP contribution in [0.3, 0.4) is 0 Å². The predicted molar refractivity (Wildman–Crippen MR) is 70.2 cm³/mol. The van der Waals surface area contributed by atoms with E-state index in [1.165, 1.54) is 17.8 Å². The average molecular weight is 248 g/mol. The van der Waals surface area contributed by atoms with Crippen LogP contribution in [0.25, 0.3) is 11.4 Å². The molecule has 1 aromatic heterocycles. The fourth-order valence-corrected chi connectivity index (χ4v) is 2.55. The number of nitrogens with two attached hydrogens (primary N) is 1. The molecule has 0 saturated carbocycles. The van der Waals surface area contributed by atoms with Crippen molar-refractivity contribution in [2.75, 3.05) is 5.73 Å². The molecule has 4 heteroatoms. The van der Waals surface area contributed by atoms with Gasteiger partial charge in [-0.2, -0.15) is 0 Å². The number of benzene rings is 1. The first-order valence-corrected chi connectivity index (χ1v) is 6.17. The summed E-state index contributed by atoms with van der Waals surface area (Å²) in [4.78, 5) is 8.01. The van der Waals surface area contributed by atoms with Gasteiger partial charge in [-0.1, -0.05) is 18.5 Å². The highest BCUT2D eigenvalue weighted by atomic mass is 35.5. The number of halogens is 1. The van der Waals surface area contributed by atoms with Crippen molar-refractivity contribution in [2.24, 2.45) is 0 Å². The summed E-state index contributed by atoms with van der Waals surface area (Å²) >= 11 is 5.99.